The summed E-state index contributed by atoms with van der Waals surface area (Å²) < 4.78 is 9.47. The summed E-state index contributed by atoms with van der Waals surface area (Å²) in [6.07, 6.45) is -1.11. The van der Waals surface area contributed by atoms with Gasteiger partial charge in [0.05, 0.1) is 6.42 Å². The molecule has 1 saturated heterocycles. The van der Waals surface area contributed by atoms with Crippen LogP contribution in [0.5, 0.6) is 0 Å². The number of esters is 1. The van der Waals surface area contributed by atoms with Crippen molar-refractivity contribution in [3.8, 4) is 0 Å². The average Bonchev–Trinajstić information content (AvgIpc) is 1.95. The zero-order valence-corrected chi connectivity index (χ0v) is 6.60. The standard InChI is InChI=1S/C6H8O4S/c7-4-3-5(8)9-1-2-10-6(4)11/h4,7H,1-3H2. The van der Waals surface area contributed by atoms with Crippen LogP contribution in [0, 0.1) is 0 Å². The Balaban J connectivity index is 2.51. The largest absolute Gasteiger partial charge is 0.481 e. The molecule has 1 unspecified atom stereocenters. The molecule has 1 fully saturated rings. The first-order valence-electron chi connectivity index (χ1n) is 3.20. The Morgan fingerprint density at radius 3 is 2.82 bits per heavy atom. The quantitative estimate of drug-likeness (QED) is 0.403. The van der Waals surface area contributed by atoms with Gasteiger partial charge in [0.15, 0.2) is 5.05 Å². The Hall–Kier alpha value is -0.680. The van der Waals surface area contributed by atoms with Gasteiger partial charge < -0.3 is 14.6 Å². The fourth-order valence-electron chi connectivity index (χ4n) is 0.694. The predicted octanol–water partition coefficient (Wildman–Crippen LogP) is -0.362. The molecule has 0 aromatic carbocycles. The van der Waals surface area contributed by atoms with E-state index in [1.54, 1.807) is 0 Å². The van der Waals surface area contributed by atoms with Gasteiger partial charge in [0.25, 0.3) is 0 Å². The van der Waals surface area contributed by atoms with Crippen LogP contribution in [0.15, 0.2) is 0 Å². The van der Waals surface area contributed by atoms with Gasteiger partial charge in [-0.3, -0.25) is 4.79 Å². The summed E-state index contributed by atoms with van der Waals surface area (Å²) in [4.78, 5) is 10.7. The van der Waals surface area contributed by atoms with E-state index in [-0.39, 0.29) is 24.7 Å². The Morgan fingerprint density at radius 1 is 1.45 bits per heavy atom. The topological polar surface area (TPSA) is 55.8 Å². The molecule has 0 aromatic heterocycles. The van der Waals surface area contributed by atoms with Crippen LogP contribution < -0.4 is 0 Å². The first kappa shape index (κ1) is 8.42. The highest BCUT2D eigenvalue weighted by Crippen LogP contribution is 2.02. The molecule has 0 bridgehead atoms. The number of rotatable bonds is 0. The molecule has 0 radical (unpaired) electrons. The molecule has 1 aliphatic heterocycles. The smallest absolute Gasteiger partial charge is 0.309 e. The van der Waals surface area contributed by atoms with Crippen LogP contribution in [0.1, 0.15) is 6.42 Å². The van der Waals surface area contributed by atoms with Gasteiger partial charge in [-0.05, 0) is 12.2 Å². The normalized spacial score (nSPS) is 26.5. The molecule has 0 saturated carbocycles. The third-order valence-electron chi connectivity index (χ3n) is 1.22. The number of ether oxygens (including phenoxy) is 2. The van der Waals surface area contributed by atoms with Gasteiger partial charge in [0.2, 0.25) is 0 Å². The van der Waals surface area contributed by atoms with E-state index >= 15 is 0 Å². The van der Waals surface area contributed by atoms with Gasteiger partial charge in [-0.1, -0.05) is 0 Å². The number of hydrogen-bond donors (Lipinski definition) is 1. The van der Waals surface area contributed by atoms with E-state index in [4.69, 9.17) is 9.84 Å². The number of aliphatic hydroxyl groups is 1. The van der Waals surface area contributed by atoms with Gasteiger partial charge >= 0.3 is 5.97 Å². The third kappa shape index (κ3) is 2.44. The zero-order valence-electron chi connectivity index (χ0n) is 5.78. The van der Waals surface area contributed by atoms with Crippen molar-refractivity contribution in [3.05, 3.63) is 0 Å². The Labute approximate surface area is 69.1 Å². The van der Waals surface area contributed by atoms with Crippen LogP contribution in [0.25, 0.3) is 0 Å². The molecule has 0 aromatic rings. The van der Waals surface area contributed by atoms with E-state index in [0.717, 1.165) is 0 Å². The van der Waals surface area contributed by atoms with Crippen molar-refractivity contribution in [2.24, 2.45) is 0 Å². The fraction of sp³-hybridized carbons (Fsp3) is 0.667. The first-order chi connectivity index (χ1) is 5.20. The minimum Gasteiger partial charge on any atom is -0.481 e. The Morgan fingerprint density at radius 2 is 2.09 bits per heavy atom. The van der Waals surface area contributed by atoms with Crippen molar-refractivity contribution in [1.29, 1.82) is 0 Å². The highest BCUT2D eigenvalue weighted by atomic mass is 32.1. The number of carbonyl (C=O) groups excluding carboxylic acids is 1. The summed E-state index contributed by atoms with van der Waals surface area (Å²) in [6.45, 7) is 0.424. The lowest BCUT2D eigenvalue weighted by atomic mass is 10.2. The fourth-order valence-corrected chi connectivity index (χ4v) is 0.861. The molecule has 0 amide bonds. The van der Waals surface area contributed by atoms with Crippen molar-refractivity contribution in [3.63, 3.8) is 0 Å². The van der Waals surface area contributed by atoms with Gasteiger partial charge in [0, 0.05) is 0 Å². The molecule has 4 nitrogen and oxygen atoms in total. The molecule has 1 heterocycles. The van der Waals surface area contributed by atoms with Crippen LogP contribution in [0.2, 0.25) is 0 Å². The monoisotopic (exact) mass is 176 g/mol. The van der Waals surface area contributed by atoms with Crippen LogP contribution in [0.3, 0.4) is 0 Å². The maximum absolute atomic E-state index is 10.7. The lowest BCUT2D eigenvalue weighted by molar-refractivity contribution is -0.147. The van der Waals surface area contributed by atoms with E-state index in [0.29, 0.717) is 0 Å². The lowest BCUT2D eigenvalue weighted by Gasteiger charge is -2.16. The molecule has 5 heteroatoms. The minimum absolute atomic E-state index is 0.0710. The van der Waals surface area contributed by atoms with Gasteiger partial charge in [-0.2, -0.15) is 0 Å². The molecular formula is C6H8O4S. The number of carbonyl (C=O) groups is 1. The summed E-state index contributed by atoms with van der Waals surface area (Å²) in [5.41, 5.74) is 0. The number of cyclic esters (lactones) is 1. The SMILES string of the molecule is O=C1CC(O)C(=S)OCCO1. The number of hydrogen-bond acceptors (Lipinski definition) is 5. The lowest BCUT2D eigenvalue weighted by Crippen LogP contribution is -2.30. The van der Waals surface area contributed by atoms with Crippen molar-refractivity contribution in [2.75, 3.05) is 13.2 Å². The first-order valence-corrected chi connectivity index (χ1v) is 3.61. The number of thiocarbonyl (C=S) groups is 1. The van der Waals surface area contributed by atoms with Gasteiger partial charge in [-0.25, -0.2) is 0 Å². The van der Waals surface area contributed by atoms with E-state index in [1.807, 2.05) is 0 Å². The average molecular weight is 176 g/mol. The molecule has 0 aliphatic carbocycles. The maximum atomic E-state index is 10.7. The van der Waals surface area contributed by atoms with Crippen LogP contribution >= 0.6 is 12.2 Å². The van der Waals surface area contributed by atoms with E-state index in [2.05, 4.69) is 17.0 Å². The highest BCUT2D eigenvalue weighted by molar-refractivity contribution is 7.80. The van der Waals surface area contributed by atoms with Crippen molar-refractivity contribution < 1.29 is 19.4 Å². The van der Waals surface area contributed by atoms with Gasteiger partial charge in [0.1, 0.15) is 19.3 Å². The molecular weight excluding hydrogens is 168 g/mol. The molecule has 11 heavy (non-hydrogen) atoms. The van der Waals surface area contributed by atoms with Gasteiger partial charge in [-0.15, -0.1) is 0 Å². The van der Waals surface area contributed by atoms with Crippen LogP contribution in [0.4, 0.5) is 0 Å². The highest BCUT2D eigenvalue weighted by Gasteiger charge is 2.20. The molecule has 1 aliphatic rings. The van der Waals surface area contributed by atoms with Crippen molar-refractivity contribution in [1.82, 2.24) is 0 Å². The summed E-state index contributed by atoms with van der Waals surface area (Å²) in [7, 11) is 0. The minimum atomic E-state index is -1.00. The second-order valence-corrected chi connectivity index (χ2v) is 2.51. The molecule has 62 valence electrons. The Kier molecular flexibility index (Phi) is 2.78. The number of aliphatic hydroxyl groups excluding tert-OH is 1. The van der Waals surface area contributed by atoms with E-state index in [9.17, 15) is 4.79 Å². The third-order valence-corrected chi connectivity index (χ3v) is 1.61. The summed E-state index contributed by atoms with van der Waals surface area (Å²) in [5.74, 6) is -0.442. The second kappa shape index (κ2) is 3.64. The summed E-state index contributed by atoms with van der Waals surface area (Å²) >= 11 is 4.65. The molecule has 1 rings (SSSR count). The zero-order chi connectivity index (χ0) is 8.27. The van der Waals surface area contributed by atoms with E-state index in [1.165, 1.54) is 0 Å². The predicted molar refractivity (Wildman–Crippen MR) is 40.1 cm³/mol. The second-order valence-electron chi connectivity index (χ2n) is 2.11. The molecule has 1 N–H and O–H groups in total. The summed E-state index contributed by atoms with van der Waals surface area (Å²) in [6, 6.07) is 0. The van der Waals surface area contributed by atoms with Crippen LogP contribution in [-0.2, 0) is 14.3 Å². The van der Waals surface area contributed by atoms with Crippen molar-refractivity contribution >= 4 is 23.2 Å². The molecule has 0 spiro atoms. The molecule has 1 atom stereocenters. The Bertz CT molecular complexity index is 179. The van der Waals surface area contributed by atoms with Crippen LogP contribution in [-0.4, -0.2) is 35.4 Å². The van der Waals surface area contributed by atoms with E-state index < -0.39 is 12.1 Å². The summed E-state index contributed by atoms with van der Waals surface area (Å²) in [5, 5.41) is 9.16. The maximum Gasteiger partial charge on any atom is 0.309 e. The van der Waals surface area contributed by atoms with Crippen molar-refractivity contribution in [2.45, 2.75) is 12.5 Å².